The van der Waals surface area contributed by atoms with Crippen molar-refractivity contribution in [1.82, 2.24) is 9.97 Å². The molecular weight excluding hydrogens is 532 g/mol. The van der Waals surface area contributed by atoms with E-state index in [0.717, 1.165) is 54.5 Å². The van der Waals surface area contributed by atoms with Crippen LogP contribution in [-0.2, 0) is 0 Å². The molecule has 0 atom stereocenters. The maximum absolute atomic E-state index is 11.6. The number of hydrogen-bond acceptors (Lipinski definition) is 4. The molecular formula is C38H34N2OS. The summed E-state index contributed by atoms with van der Waals surface area (Å²) in [6, 6.07) is 37.6. The average molecular weight is 567 g/mol. The summed E-state index contributed by atoms with van der Waals surface area (Å²) in [5.74, 6) is 0.811. The van der Waals surface area contributed by atoms with Crippen LogP contribution in [0.1, 0.15) is 50.7 Å². The van der Waals surface area contributed by atoms with Gasteiger partial charge >= 0.3 is 0 Å². The van der Waals surface area contributed by atoms with Crippen molar-refractivity contribution in [1.29, 1.82) is 0 Å². The van der Waals surface area contributed by atoms with Crippen LogP contribution >= 0.6 is 11.8 Å². The molecule has 0 saturated heterocycles. The summed E-state index contributed by atoms with van der Waals surface area (Å²) in [7, 11) is 0. The quantitative estimate of drug-likeness (QED) is 0.209. The summed E-state index contributed by atoms with van der Waals surface area (Å²) >= 11 is 1.66. The van der Waals surface area contributed by atoms with Crippen molar-refractivity contribution in [2.45, 2.75) is 49.5 Å². The van der Waals surface area contributed by atoms with E-state index in [1.165, 1.54) is 10.9 Å². The van der Waals surface area contributed by atoms with Crippen molar-refractivity contribution in [3.8, 4) is 39.4 Å². The lowest BCUT2D eigenvalue weighted by Crippen LogP contribution is -1.99. The van der Waals surface area contributed by atoms with Gasteiger partial charge in [0.25, 0.3) is 0 Å². The summed E-state index contributed by atoms with van der Waals surface area (Å²) in [4.78, 5) is 11.0. The zero-order chi connectivity index (χ0) is 29.2. The highest BCUT2D eigenvalue weighted by molar-refractivity contribution is 7.99. The van der Waals surface area contributed by atoms with E-state index in [0.29, 0.717) is 11.7 Å². The van der Waals surface area contributed by atoms with Gasteiger partial charge < -0.3 is 5.11 Å². The van der Waals surface area contributed by atoms with Gasteiger partial charge in [0, 0.05) is 33.2 Å². The van der Waals surface area contributed by atoms with Crippen LogP contribution in [0.25, 0.3) is 44.4 Å². The second-order valence-electron chi connectivity index (χ2n) is 11.2. The van der Waals surface area contributed by atoms with E-state index in [9.17, 15) is 5.11 Å². The molecule has 6 aromatic rings. The molecule has 0 amide bonds. The minimum Gasteiger partial charge on any atom is -0.507 e. The highest BCUT2D eigenvalue weighted by Gasteiger charge is 2.20. The van der Waals surface area contributed by atoms with E-state index in [2.05, 4.69) is 118 Å². The number of nitrogens with zero attached hydrogens (tertiary/aromatic N) is 2. The molecule has 4 heteroatoms. The summed E-state index contributed by atoms with van der Waals surface area (Å²) in [5.41, 5.74) is 7.64. The van der Waals surface area contributed by atoms with Crippen molar-refractivity contribution in [3.63, 3.8) is 0 Å². The SMILES string of the molecule is CC(C)c1cc(-c2nc(-c3cccc(Sc4nccc5ccccc45)c3)ccc2-c2ccccc2)c(O)c(C(C)C)c1. The summed E-state index contributed by atoms with van der Waals surface area (Å²) < 4.78 is 0. The molecule has 0 aliphatic carbocycles. The fourth-order valence-electron chi connectivity index (χ4n) is 5.31. The van der Waals surface area contributed by atoms with Gasteiger partial charge in [-0.2, -0.15) is 0 Å². The lowest BCUT2D eigenvalue weighted by atomic mass is 9.89. The van der Waals surface area contributed by atoms with E-state index in [1.807, 2.05) is 30.5 Å². The summed E-state index contributed by atoms with van der Waals surface area (Å²) in [5, 5.41) is 14.9. The van der Waals surface area contributed by atoms with E-state index in [-0.39, 0.29) is 5.92 Å². The number of rotatable bonds is 7. The van der Waals surface area contributed by atoms with Crippen molar-refractivity contribution in [2.75, 3.05) is 0 Å². The molecule has 0 spiro atoms. The molecule has 0 saturated carbocycles. The van der Waals surface area contributed by atoms with Crippen molar-refractivity contribution in [3.05, 3.63) is 127 Å². The molecule has 208 valence electrons. The molecule has 0 aliphatic heterocycles. The van der Waals surface area contributed by atoms with Gasteiger partial charge in [0.1, 0.15) is 10.8 Å². The summed E-state index contributed by atoms with van der Waals surface area (Å²) in [6.45, 7) is 8.63. The number of pyridine rings is 2. The van der Waals surface area contributed by atoms with Crippen LogP contribution in [-0.4, -0.2) is 15.1 Å². The second kappa shape index (κ2) is 11.8. The molecule has 3 nitrogen and oxygen atoms in total. The number of phenolic OH excluding ortho intramolecular Hbond substituents is 1. The zero-order valence-corrected chi connectivity index (χ0v) is 25.2. The third-order valence-electron chi connectivity index (χ3n) is 7.67. The maximum Gasteiger partial charge on any atom is 0.128 e. The van der Waals surface area contributed by atoms with Gasteiger partial charge in [0.15, 0.2) is 0 Å². The van der Waals surface area contributed by atoms with Crippen LogP contribution in [0, 0.1) is 0 Å². The smallest absolute Gasteiger partial charge is 0.128 e. The number of aromatic hydroxyl groups is 1. The molecule has 2 heterocycles. The lowest BCUT2D eigenvalue weighted by Gasteiger charge is -2.19. The fraction of sp³-hybridized carbons (Fsp3) is 0.158. The van der Waals surface area contributed by atoms with Crippen LogP contribution in [0.5, 0.6) is 5.75 Å². The van der Waals surface area contributed by atoms with Gasteiger partial charge in [-0.25, -0.2) is 9.97 Å². The first-order valence-electron chi connectivity index (χ1n) is 14.4. The van der Waals surface area contributed by atoms with Crippen LogP contribution in [0.4, 0.5) is 0 Å². The molecule has 4 aromatic carbocycles. The third kappa shape index (κ3) is 5.55. The molecule has 0 radical (unpaired) electrons. The molecule has 2 aromatic heterocycles. The number of benzene rings is 4. The second-order valence-corrected chi connectivity index (χ2v) is 12.3. The highest BCUT2D eigenvalue weighted by atomic mass is 32.2. The van der Waals surface area contributed by atoms with Crippen LogP contribution in [0.2, 0.25) is 0 Å². The standard InChI is InChI=1S/C38H34N2OS/c1-24(2)29-22-33(25(3)4)37(41)34(23-29)36-31(26-11-6-5-7-12-26)17-18-35(40-36)28-14-10-15-30(21-28)42-38-32-16-9-8-13-27(32)19-20-39-38/h5-25,41H,1-4H3. The fourth-order valence-corrected chi connectivity index (χ4v) is 6.28. The van der Waals surface area contributed by atoms with Crippen LogP contribution in [0.15, 0.2) is 125 Å². The predicted octanol–water partition coefficient (Wildman–Crippen LogP) is 10.7. The van der Waals surface area contributed by atoms with Gasteiger partial charge in [-0.1, -0.05) is 118 Å². The van der Waals surface area contributed by atoms with Gasteiger partial charge in [0.2, 0.25) is 0 Å². The Bertz CT molecular complexity index is 1870. The van der Waals surface area contributed by atoms with Gasteiger partial charge in [-0.3, -0.25) is 0 Å². The Balaban J connectivity index is 1.49. The molecule has 1 N–H and O–H groups in total. The third-order valence-corrected chi connectivity index (χ3v) is 8.68. The Morgan fingerprint density at radius 1 is 0.667 bits per heavy atom. The topological polar surface area (TPSA) is 46.0 Å². The zero-order valence-electron chi connectivity index (χ0n) is 24.4. The van der Waals surface area contributed by atoms with E-state index in [1.54, 1.807) is 11.8 Å². The van der Waals surface area contributed by atoms with Gasteiger partial charge in [0.05, 0.1) is 11.4 Å². The van der Waals surface area contributed by atoms with Gasteiger partial charge in [-0.05, 0) is 64.2 Å². The first kappa shape index (κ1) is 27.7. The van der Waals surface area contributed by atoms with E-state index < -0.39 is 0 Å². The maximum atomic E-state index is 11.6. The molecule has 0 aliphatic rings. The monoisotopic (exact) mass is 566 g/mol. The summed E-state index contributed by atoms with van der Waals surface area (Å²) in [6.07, 6.45) is 1.87. The number of hydrogen-bond donors (Lipinski definition) is 1. The predicted molar refractivity (Wildman–Crippen MR) is 176 cm³/mol. The molecule has 0 unspecified atom stereocenters. The average Bonchev–Trinajstić information content (AvgIpc) is 3.01. The molecule has 42 heavy (non-hydrogen) atoms. The Hall–Kier alpha value is -4.41. The Morgan fingerprint density at radius 2 is 1.43 bits per heavy atom. The Kier molecular flexibility index (Phi) is 7.82. The molecule has 0 fully saturated rings. The van der Waals surface area contributed by atoms with E-state index in [4.69, 9.17) is 4.98 Å². The van der Waals surface area contributed by atoms with Crippen LogP contribution in [0.3, 0.4) is 0 Å². The highest BCUT2D eigenvalue weighted by Crippen LogP contribution is 2.43. The first-order chi connectivity index (χ1) is 20.4. The molecule has 0 bridgehead atoms. The van der Waals surface area contributed by atoms with Crippen LogP contribution < -0.4 is 0 Å². The van der Waals surface area contributed by atoms with Crippen molar-refractivity contribution < 1.29 is 5.11 Å². The normalized spacial score (nSPS) is 11.5. The van der Waals surface area contributed by atoms with Crippen molar-refractivity contribution in [2.24, 2.45) is 0 Å². The number of phenols is 1. The van der Waals surface area contributed by atoms with E-state index >= 15 is 0 Å². The van der Waals surface area contributed by atoms with Gasteiger partial charge in [-0.15, -0.1) is 0 Å². The number of aromatic nitrogens is 2. The number of fused-ring (bicyclic) bond motifs is 1. The Morgan fingerprint density at radius 3 is 2.21 bits per heavy atom. The lowest BCUT2D eigenvalue weighted by molar-refractivity contribution is 0.466. The Labute approximate surface area is 252 Å². The minimum absolute atomic E-state index is 0.183. The minimum atomic E-state index is 0.183. The molecule has 6 rings (SSSR count). The first-order valence-corrected chi connectivity index (χ1v) is 15.3. The van der Waals surface area contributed by atoms with Crippen molar-refractivity contribution >= 4 is 22.5 Å². The largest absolute Gasteiger partial charge is 0.507 e.